The zero-order valence-electron chi connectivity index (χ0n) is 24.0. The number of amides is 1. The summed E-state index contributed by atoms with van der Waals surface area (Å²) in [7, 11) is 0. The predicted octanol–water partition coefficient (Wildman–Crippen LogP) is 6.26. The third-order valence-corrected chi connectivity index (χ3v) is 8.64. The standard InChI is InChI=1S/C34H40N4O4/c39-34(40)37(23-29-13-15-32(16-14-29)38(41)42)19-7-10-27-17-20-35(21-18-27)24-31-25-36(22-28-8-3-1-4-9-28)26-33(31)30-11-5-2-6-12-30/h1-16,27,31,33H,17-26H2,(H,39,40)/t31-,33+/m0/s1. The average Bonchev–Trinajstić information content (AvgIpc) is 3.40. The molecule has 3 aromatic carbocycles. The van der Waals surface area contributed by atoms with Crippen molar-refractivity contribution < 1.29 is 14.8 Å². The SMILES string of the molecule is O=C(O)N(CC=CC1CCN(C[C@H]2CN(Cc3ccccc3)C[C@@H]2c2ccccc2)CC1)Cc1ccc([N+](=O)[O-])cc1. The number of piperidine rings is 1. The minimum atomic E-state index is -1.00. The van der Waals surface area contributed by atoms with Crippen molar-refractivity contribution in [2.24, 2.45) is 11.8 Å². The molecule has 42 heavy (non-hydrogen) atoms. The summed E-state index contributed by atoms with van der Waals surface area (Å²) < 4.78 is 0. The third kappa shape index (κ3) is 8.05. The van der Waals surface area contributed by atoms with Crippen molar-refractivity contribution in [1.29, 1.82) is 0 Å². The summed E-state index contributed by atoms with van der Waals surface area (Å²) in [6, 6.07) is 27.8. The second-order valence-electron chi connectivity index (χ2n) is 11.6. The molecule has 0 radical (unpaired) electrons. The van der Waals surface area contributed by atoms with Gasteiger partial charge in [0, 0.05) is 57.3 Å². The molecular weight excluding hydrogens is 528 g/mol. The molecule has 2 aliphatic rings. The number of non-ortho nitro benzene ring substituents is 1. The summed E-state index contributed by atoms with van der Waals surface area (Å²) in [4.78, 5) is 28.8. The molecule has 0 saturated carbocycles. The highest BCUT2D eigenvalue weighted by molar-refractivity contribution is 5.65. The van der Waals surface area contributed by atoms with Gasteiger partial charge >= 0.3 is 6.09 Å². The summed E-state index contributed by atoms with van der Waals surface area (Å²) in [6.07, 6.45) is 5.28. The molecule has 0 aliphatic carbocycles. The Labute approximate surface area is 248 Å². The van der Waals surface area contributed by atoms with E-state index in [-0.39, 0.29) is 12.2 Å². The third-order valence-electron chi connectivity index (χ3n) is 8.64. The van der Waals surface area contributed by atoms with Gasteiger partial charge in [0.15, 0.2) is 0 Å². The van der Waals surface area contributed by atoms with Crippen molar-refractivity contribution in [3.05, 3.63) is 124 Å². The van der Waals surface area contributed by atoms with E-state index in [0.717, 1.165) is 57.7 Å². The van der Waals surface area contributed by atoms with Crippen molar-refractivity contribution in [2.75, 3.05) is 39.3 Å². The van der Waals surface area contributed by atoms with Crippen molar-refractivity contribution in [1.82, 2.24) is 14.7 Å². The van der Waals surface area contributed by atoms with Crippen molar-refractivity contribution in [3.63, 3.8) is 0 Å². The number of benzene rings is 3. The van der Waals surface area contributed by atoms with Gasteiger partial charge in [-0.1, -0.05) is 84.9 Å². The van der Waals surface area contributed by atoms with E-state index in [1.165, 1.54) is 28.2 Å². The fraction of sp³-hybridized carbons (Fsp3) is 0.382. The summed E-state index contributed by atoms with van der Waals surface area (Å²) in [5, 5.41) is 20.5. The number of allylic oxidation sites excluding steroid dienone is 1. The number of nitrogens with zero attached hydrogens (tertiary/aromatic N) is 4. The fourth-order valence-corrected chi connectivity index (χ4v) is 6.39. The molecule has 8 nitrogen and oxygen atoms in total. The molecule has 2 fully saturated rings. The molecule has 8 heteroatoms. The van der Waals surface area contributed by atoms with Crippen molar-refractivity contribution in [3.8, 4) is 0 Å². The quantitative estimate of drug-likeness (QED) is 0.167. The van der Waals surface area contributed by atoms with Crippen LogP contribution in [0, 0.1) is 22.0 Å². The highest BCUT2D eigenvalue weighted by Gasteiger charge is 2.35. The van der Waals surface area contributed by atoms with Crippen LogP contribution < -0.4 is 0 Å². The van der Waals surface area contributed by atoms with Gasteiger partial charge in [-0.2, -0.15) is 0 Å². The Morgan fingerprint density at radius 1 is 0.905 bits per heavy atom. The highest BCUT2D eigenvalue weighted by atomic mass is 16.6. The van der Waals surface area contributed by atoms with Crippen LogP contribution in [0.2, 0.25) is 0 Å². The lowest BCUT2D eigenvalue weighted by Gasteiger charge is -2.34. The Morgan fingerprint density at radius 3 is 2.21 bits per heavy atom. The van der Waals surface area contributed by atoms with Crippen LogP contribution in [-0.4, -0.2) is 70.1 Å². The number of carboxylic acid groups (broad SMARTS) is 1. The molecule has 1 amide bonds. The van der Waals surface area contributed by atoms with E-state index in [9.17, 15) is 20.0 Å². The summed E-state index contributed by atoms with van der Waals surface area (Å²) in [5.41, 5.74) is 3.53. The number of nitro groups is 1. The minimum absolute atomic E-state index is 0.000101. The monoisotopic (exact) mass is 568 g/mol. The average molecular weight is 569 g/mol. The van der Waals surface area contributed by atoms with Gasteiger partial charge in [0.25, 0.3) is 5.69 Å². The maximum absolute atomic E-state index is 11.8. The van der Waals surface area contributed by atoms with Crippen LogP contribution in [0.25, 0.3) is 0 Å². The van der Waals surface area contributed by atoms with E-state index in [1.54, 1.807) is 12.1 Å². The first-order valence-corrected chi connectivity index (χ1v) is 14.9. The van der Waals surface area contributed by atoms with Crippen LogP contribution in [0.3, 0.4) is 0 Å². The van der Waals surface area contributed by atoms with E-state index in [1.807, 2.05) is 6.08 Å². The fourth-order valence-electron chi connectivity index (χ4n) is 6.39. The maximum atomic E-state index is 11.8. The van der Waals surface area contributed by atoms with Crippen molar-refractivity contribution in [2.45, 2.75) is 31.8 Å². The molecule has 2 saturated heterocycles. The lowest BCUT2D eigenvalue weighted by molar-refractivity contribution is -0.384. The van der Waals surface area contributed by atoms with Gasteiger partial charge in [-0.15, -0.1) is 0 Å². The topological polar surface area (TPSA) is 90.2 Å². The van der Waals surface area contributed by atoms with Gasteiger partial charge in [0.1, 0.15) is 0 Å². The van der Waals surface area contributed by atoms with Crippen LogP contribution in [-0.2, 0) is 13.1 Å². The Kier molecular flexibility index (Phi) is 10.0. The molecule has 2 aliphatic heterocycles. The molecule has 220 valence electrons. The predicted molar refractivity (Wildman–Crippen MR) is 164 cm³/mol. The van der Waals surface area contributed by atoms with E-state index in [0.29, 0.717) is 24.3 Å². The summed E-state index contributed by atoms with van der Waals surface area (Å²) in [5.74, 6) is 1.57. The zero-order valence-corrected chi connectivity index (χ0v) is 24.0. The Hall–Kier alpha value is -4.01. The van der Waals surface area contributed by atoms with Crippen LogP contribution in [0.15, 0.2) is 97.1 Å². The zero-order chi connectivity index (χ0) is 29.3. The van der Waals surface area contributed by atoms with Crippen LogP contribution >= 0.6 is 0 Å². The molecule has 1 N–H and O–H groups in total. The van der Waals surface area contributed by atoms with Gasteiger partial charge in [0.2, 0.25) is 0 Å². The van der Waals surface area contributed by atoms with Gasteiger partial charge in [0.05, 0.1) is 4.92 Å². The van der Waals surface area contributed by atoms with Crippen molar-refractivity contribution >= 4 is 11.8 Å². The van der Waals surface area contributed by atoms with Crippen LogP contribution in [0.5, 0.6) is 0 Å². The summed E-state index contributed by atoms with van der Waals surface area (Å²) in [6.45, 7) is 6.88. The number of nitro benzene ring substituents is 1. The van der Waals surface area contributed by atoms with E-state index in [2.05, 4.69) is 76.5 Å². The number of hydrogen-bond donors (Lipinski definition) is 1. The number of hydrogen-bond acceptors (Lipinski definition) is 5. The van der Waals surface area contributed by atoms with Gasteiger partial charge in [-0.3, -0.25) is 15.0 Å². The first-order valence-electron chi connectivity index (χ1n) is 14.9. The first-order chi connectivity index (χ1) is 20.4. The number of carbonyl (C=O) groups is 1. The Balaban J connectivity index is 1.12. The molecule has 0 unspecified atom stereocenters. The highest BCUT2D eigenvalue weighted by Crippen LogP contribution is 2.35. The van der Waals surface area contributed by atoms with Gasteiger partial charge < -0.3 is 14.9 Å². The lowest BCUT2D eigenvalue weighted by atomic mass is 9.87. The molecule has 0 aromatic heterocycles. The second-order valence-corrected chi connectivity index (χ2v) is 11.6. The van der Waals surface area contributed by atoms with Crippen LogP contribution in [0.4, 0.5) is 10.5 Å². The molecule has 0 bridgehead atoms. The number of likely N-dealkylation sites (tertiary alicyclic amines) is 2. The minimum Gasteiger partial charge on any atom is -0.465 e. The molecule has 2 atom stereocenters. The van der Waals surface area contributed by atoms with E-state index in [4.69, 9.17) is 0 Å². The molecule has 2 heterocycles. The van der Waals surface area contributed by atoms with Gasteiger partial charge in [-0.25, -0.2) is 4.79 Å². The maximum Gasteiger partial charge on any atom is 0.407 e. The molecule has 5 rings (SSSR count). The molecular formula is C34H40N4O4. The van der Waals surface area contributed by atoms with Gasteiger partial charge in [-0.05, 0) is 54.5 Å². The Morgan fingerprint density at radius 2 is 1.57 bits per heavy atom. The summed E-state index contributed by atoms with van der Waals surface area (Å²) >= 11 is 0. The largest absolute Gasteiger partial charge is 0.465 e. The smallest absolute Gasteiger partial charge is 0.407 e. The second kappa shape index (κ2) is 14.2. The van der Waals surface area contributed by atoms with Crippen LogP contribution in [0.1, 0.15) is 35.4 Å². The van der Waals surface area contributed by atoms with E-state index >= 15 is 0 Å². The van der Waals surface area contributed by atoms with E-state index < -0.39 is 11.0 Å². The normalized spacial score (nSPS) is 20.2. The first kappa shape index (κ1) is 29.5. The number of rotatable bonds is 11. The lowest BCUT2D eigenvalue weighted by Crippen LogP contribution is -2.38. The molecule has 0 spiro atoms. The molecule has 3 aromatic rings. The Bertz CT molecular complexity index is 1320.